The van der Waals surface area contributed by atoms with Crippen LogP contribution >= 0.6 is 0 Å². The van der Waals surface area contributed by atoms with Gasteiger partial charge in [-0.15, -0.1) is 0 Å². The van der Waals surface area contributed by atoms with Crippen molar-refractivity contribution in [3.8, 4) is 5.75 Å². The van der Waals surface area contributed by atoms with Crippen LogP contribution in [0, 0.1) is 12.8 Å². The molecule has 1 heterocycles. The summed E-state index contributed by atoms with van der Waals surface area (Å²) in [4.78, 5) is 24.9. The number of Topliss-reactive ketones (excluding diaryl/α,β-unsaturated/α-hetero) is 1. The van der Waals surface area contributed by atoms with Gasteiger partial charge in [0.25, 0.3) is 0 Å². The Labute approximate surface area is 137 Å². The van der Waals surface area contributed by atoms with Crippen molar-refractivity contribution in [2.24, 2.45) is 5.92 Å². The molecule has 0 aliphatic carbocycles. The van der Waals surface area contributed by atoms with Crippen LogP contribution in [0.3, 0.4) is 0 Å². The third-order valence-electron chi connectivity index (χ3n) is 3.67. The normalized spacial score (nSPS) is 15.1. The van der Waals surface area contributed by atoms with Gasteiger partial charge in [0.15, 0.2) is 5.78 Å². The number of amides is 1. The minimum Gasteiger partial charge on any atom is -0.493 e. The van der Waals surface area contributed by atoms with Crippen LogP contribution in [0.2, 0.25) is 0 Å². The molecule has 126 valence electrons. The zero-order valence-electron chi connectivity index (χ0n) is 14.5. The van der Waals surface area contributed by atoms with Crippen LogP contribution < -0.4 is 4.74 Å². The van der Waals surface area contributed by atoms with Gasteiger partial charge in [-0.3, -0.25) is 4.79 Å². The molecule has 1 aromatic rings. The Morgan fingerprint density at radius 2 is 1.91 bits per heavy atom. The van der Waals surface area contributed by atoms with Gasteiger partial charge in [0.1, 0.15) is 11.4 Å². The molecule has 0 aromatic heterocycles. The van der Waals surface area contributed by atoms with E-state index in [0.717, 1.165) is 16.9 Å². The molecule has 0 unspecified atom stereocenters. The largest absolute Gasteiger partial charge is 0.493 e. The number of benzene rings is 1. The predicted octanol–water partition coefficient (Wildman–Crippen LogP) is 3.44. The van der Waals surface area contributed by atoms with Gasteiger partial charge in [0.2, 0.25) is 0 Å². The standard InChI is InChI=1S/C18H25NO4/c1-12-8-15(6-7-16(12)13(2)20)22-11-14-9-19(10-14)17(21)23-18(3,4)5/h6-8,14H,9-11H2,1-5H3. The summed E-state index contributed by atoms with van der Waals surface area (Å²) in [6.07, 6.45) is -0.268. The maximum atomic E-state index is 11.8. The van der Waals surface area contributed by atoms with Gasteiger partial charge in [-0.05, 0) is 58.4 Å². The lowest BCUT2D eigenvalue weighted by atomic mass is 10.0. The average Bonchev–Trinajstić information content (AvgIpc) is 2.34. The zero-order valence-corrected chi connectivity index (χ0v) is 14.5. The van der Waals surface area contributed by atoms with E-state index in [1.807, 2.05) is 39.8 Å². The van der Waals surface area contributed by atoms with Crippen molar-refractivity contribution in [1.82, 2.24) is 4.90 Å². The van der Waals surface area contributed by atoms with Gasteiger partial charge in [0.05, 0.1) is 6.61 Å². The molecule has 0 spiro atoms. The van der Waals surface area contributed by atoms with E-state index in [0.29, 0.717) is 25.6 Å². The fraction of sp³-hybridized carbons (Fsp3) is 0.556. The van der Waals surface area contributed by atoms with E-state index in [1.54, 1.807) is 17.9 Å². The van der Waals surface area contributed by atoms with Crippen molar-refractivity contribution in [3.05, 3.63) is 29.3 Å². The Kier molecular flexibility index (Phi) is 4.97. The molecule has 0 saturated carbocycles. The molecule has 23 heavy (non-hydrogen) atoms. The molecular formula is C18H25NO4. The fourth-order valence-corrected chi connectivity index (χ4v) is 2.49. The van der Waals surface area contributed by atoms with Crippen molar-refractivity contribution in [2.45, 2.75) is 40.2 Å². The van der Waals surface area contributed by atoms with Gasteiger partial charge in [-0.25, -0.2) is 4.79 Å². The molecule has 0 atom stereocenters. The summed E-state index contributed by atoms with van der Waals surface area (Å²) in [5.74, 6) is 1.12. The third kappa shape index (κ3) is 4.71. The number of carbonyl (C=O) groups is 2. The molecule has 2 rings (SSSR count). The molecular weight excluding hydrogens is 294 g/mol. The maximum absolute atomic E-state index is 11.8. The Morgan fingerprint density at radius 3 is 2.43 bits per heavy atom. The molecule has 1 aromatic carbocycles. The molecule has 0 radical (unpaired) electrons. The summed E-state index contributed by atoms with van der Waals surface area (Å²) in [5.41, 5.74) is 1.17. The van der Waals surface area contributed by atoms with Gasteiger partial charge in [-0.2, -0.15) is 0 Å². The number of likely N-dealkylation sites (tertiary alicyclic amines) is 1. The minimum absolute atomic E-state index is 0.0565. The van der Waals surface area contributed by atoms with Crippen LogP contribution in [0.5, 0.6) is 5.75 Å². The highest BCUT2D eigenvalue weighted by Crippen LogP contribution is 2.22. The Balaban J connectivity index is 1.78. The molecule has 5 heteroatoms. The molecule has 0 bridgehead atoms. The predicted molar refractivity (Wildman–Crippen MR) is 88.0 cm³/mol. The Hall–Kier alpha value is -2.04. The van der Waals surface area contributed by atoms with Crippen molar-refractivity contribution in [2.75, 3.05) is 19.7 Å². The van der Waals surface area contributed by atoms with E-state index >= 15 is 0 Å². The number of hydrogen-bond acceptors (Lipinski definition) is 4. The quantitative estimate of drug-likeness (QED) is 0.798. The SMILES string of the molecule is CC(=O)c1ccc(OCC2CN(C(=O)OC(C)(C)C)C2)cc1C. The maximum Gasteiger partial charge on any atom is 0.410 e. The molecule has 1 aliphatic rings. The van der Waals surface area contributed by atoms with Crippen LogP contribution in [0.15, 0.2) is 18.2 Å². The molecule has 1 aliphatic heterocycles. The van der Waals surface area contributed by atoms with Crippen LogP contribution in [-0.4, -0.2) is 42.1 Å². The fourth-order valence-electron chi connectivity index (χ4n) is 2.49. The zero-order chi connectivity index (χ0) is 17.2. The molecule has 1 amide bonds. The van der Waals surface area contributed by atoms with Crippen molar-refractivity contribution in [1.29, 1.82) is 0 Å². The smallest absolute Gasteiger partial charge is 0.410 e. The minimum atomic E-state index is -0.464. The number of ether oxygens (including phenoxy) is 2. The second-order valence-electron chi connectivity index (χ2n) is 7.10. The molecule has 1 fully saturated rings. The first-order valence-electron chi connectivity index (χ1n) is 7.88. The lowest BCUT2D eigenvalue weighted by Crippen LogP contribution is -2.53. The van der Waals surface area contributed by atoms with E-state index in [9.17, 15) is 9.59 Å². The topological polar surface area (TPSA) is 55.8 Å². The monoisotopic (exact) mass is 319 g/mol. The van der Waals surface area contributed by atoms with E-state index in [1.165, 1.54) is 0 Å². The number of carbonyl (C=O) groups excluding carboxylic acids is 2. The highest BCUT2D eigenvalue weighted by Gasteiger charge is 2.34. The second kappa shape index (κ2) is 6.60. The van der Waals surface area contributed by atoms with Gasteiger partial charge in [0, 0.05) is 24.6 Å². The van der Waals surface area contributed by atoms with E-state index in [-0.39, 0.29) is 11.9 Å². The van der Waals surface area contributed by atoms with Gasteiger partial charge in [-0.1, -0.05) is 0 Å². The number of aryl methyl sites for hydroxylation is 1. The highest BCUT2D eigenvalue weighted by atomic mass is 16.6. The Morgan fingerprint density at radius 1 is 1.26 bits per heavy atom. The van der Waals surface area contributed by atoms with E-state index in [2.05, 4.69) is 0 Å². The van der Waals surface area contributed by atoms with Crippen LogP contribution in [0.25, 0.3) is 0 Å². The first-order valence-corrected chi connectivity index (χ1v) is 7.88. The third-order valence-corrected chi connectivity index (χ3v) is 3.67. The summed E-state index contributed by atoms with van der Waals surface area (Å²) in [6.45, 7) is 10.9. The Bertz CT molecular complexity index is 598. The molecule has 5 nitrogen and oxygen atoms in total. The summed E-state index contributed by atoms with van der Waals surface area (Å²) in [5, 5.41) is 0. The number of ketones is 1. The van der Waals surface area contributed by atoms with Crippen LogP contribution in [0.1, 0.15) is 43.6 Å². The van der Waals surface area contributed by atoms with Gasteiger partial charge >= 0.3 is 6.09 Å². The molecule has 1 saturated heterocycles. The number of nitrogens with zero attached hydrogens (tertiary/aromatic N) is 1. The van der Waals surface area contributed by atoms with Crippen molar-refractivity contribution < 1.29 is 19.1 Å². The van der Waals surface area contributed by atoms with Crippen LogP contribution in [0.4, 0.5) is 4.79 Å². The summed E-state index contributed by atoms with van der Waals surface area (Å²) < 4.78 is 11.1. The average molecular weight is 319 g/mol. The van der Waals surface area contributed by atoms with Crippen LogP contribution in [-0.2, 0) is 4.74 Å². The first-order chi connectivity index (χ1) is 10.7. The van der Waals surface area contributed by atoms with Crippen molar-refractivity contribution in [3.63, 3.8) is 0 Å². The highest BCUT2D eigenvalue weighted by molar-refractivity contribution is 5.95. The van der Waals surface area contributed by atoms with E-state index in [4.69, 9.17) is 9.47 Å². The number of hydrogen-bond donors (Lipinski definition) is 0. The summed E-state index contributed by atoms with van der Waals surface area (Å²) in [6, 6.07) is 5.48. The molecule has 0 N–H and O–H groups in total. The lowest BCUT2D eigenvalue weighted by molar-refractivity contribution is -0.00781. The summed E-state index contributed by atoms with van der Waals surface area (Å²) >= 11 is 0. The second-order valence-corrected chi connectivity index (χ2v) is 7.10. The van der Waals surface area contributed by atoms with E-state index < -0.39 is 5.60 Å². The van der Waals surface area contributed by atoms with Crippen molar-refractivity contribution >= 4 is 11.9 Å². The lowest BCUT2D eigenvalue weighted by Gasteiger charge is -2.39. The summed E-state index contributed by atoms with van der Waals surface area (Å²) in [7, 11) is 0. The first kappa shape index (κ1) is 17.3. The number of rotatable bonds is 4. The van der Waals surface area contributed by atoms with Gasteiger partial charge < -0.3 is 14.4 Å².